The van der Waals surface area contributed by atoms with E-state index in [1.165, 1.54) is 6.92 Å². The van der Waals surface area contributed by atoms with Gasteiger partial charge in [0.05, 0.1) is 11.5 Å². The molecule has 1 fully saturated rings. The number of rotatable bonds is 2. The average molecular weight is 205 g/mol. The molecule has 0 spiro atoms. The molecule has 0 aromatic heterocycles. The Kier molecular flexibility index (Phi) is 3.30. The zero-order valence-corrected chi connectivity index (χ0v) is 8.56. The van der Waals surface area contributed by atoms with Crippen LogP contribution in [0.15, 0.2) is 0 Å². The number of hydrogen-bond acceptors (Lipinski definition) is 3. The van der Waals surface area contributed by atoms with Gasteiger partial charge in [-0.25, -0.2) is 8.42 Å². The third kappa shape index (κ3) is 3.76. The maximum Gasteiger partial charge on any atom is 0.216 e. The number of sulfone groups is 1. The topological polar surface area (TPSA) is 63.2 Å². The molecular formula is C8H15NO3S. The first-order valence-electron chi connectivity index (χ1n) is 4.44. The Morgan fingerprint density at radius 1 is 1.38 bits per heavy atom. The van der Waals surface area contributed by atoms with Crippen molar-refractivity contribution in [2.75, 3.05) is 18.1 Å². The van der Waals surface area contributed by atoms with E-state index in [1.54, 1.807) is 0 Å². The summed E-state index contributed by atoms with van der Waals surface area (Å²) in [6, 6.07) is 0. The largest absolute Gasteiger partial charge is 0.356 e. The fourth-order valence-electron chi connectivity index (χ4n) is 1.43. The van der Waals surface area contributed by atoms with Gasteiger partial charge >= 0.3 is 0 Å². The van der Waals surface area contributed by atoms with Crippen LogP contribution in [0.1, 0.15) is 19.8 Å². The van der Waals surface area contributed by atoms with Gasteiger partial charge in [-0.2, -0.15) is 0 Å². The van der Waals surface area contributed by atoms with E-state index < -0.39 is 9.84 Å². The summed E-state index contributed by atoms with van der Waals surface area (Å²) < 4.78 is 22.1. The smallest absolute Gasteiger partial charge is 0.216 e. The molecule has 5 heteroatoms. The van der Waals surface area contributed by atoms with Gasteiger partial charge in [0.1, 0.15) is 9.84 Å². The van der Waals surface area contributed by atoms with Crippen LogP contribution in [0.4, 0.5) is 0 Å². The Morgan fingerprint density at radius 3 is 2.38 bits per heavy atom. The van der Waals surface area contributed by atoms with Gasteiger partial charge in [0.15, 0.2) is 0 Å². The molecule has 1 N–H and O–H groups in total. The molecule has 76 valence electrons. The van der Waals surface area contributed by atoms with Gasteiger partial charge in [-0.3, -0.25) is 4.79 Å². The summed E-state index contributed by atoms with van der Waals surface area (Å²) in [5.41, 5.74) is 0. The number of carbonyl (C=O) groups is 1. The second kappa shape index (κ2) is 4.09. The zero-order chi connectivity index (χ0) is 9.90. The first-order chi connectivity index (χ1) is 5.99. The third-order valence-corrected chi connectivity index (χ3v) is 4.03. The molecule has 1 amide bonds. The summed E-state index contributed by atoms with van der Waals surface area (Å²) in [6.07, 6.45) is 1.37. The molecule has 0 saturated carbocycles. The molecule has 0 radical (unpaired) electrons. The normalized spacial score (nSPS) is 22.5. The minimum Gasteiger partial charge on any atom is -0.356 e. The molecule has 1 saturated heterocycles. The highest BCUT2D eigenvalue weighted by Crippen LogP contribution is 2.17. The van der Waals surface area contributed by atoms with Crippen molar-refractivity contribution in [2.45, 2.75) is 19.8 Å². The van der Waals surface area contributed by atoms with Crippen LogP contribution in [0.5, 0.6) is 0 Å². The van der Waals surface area contributed by atoms with Crippen LogP contribution in [0.2, 0.25) is 0 Å². The van der Waals surface area contributed by atoms with Gasteiger partial charge < -0.3 is 5.32 Å². The molecule has 1 rings (SSSR count). The third-order valence-electron chi connectivity index (χ3n) is 2.31. The van der Waals surface area contributed by atoms with Crippen LogP contribution in [-0.4, -0.2) is 32.4 Å². The van der Waals surface area contributed by atoms with Crippen LogP contribution in [0.3, 0.4) is 0 Å². The summed E-state index contributed by atoms with van der Waals surface area (Å²) in [7, 11) is -2.77. The van der Waals surface area contributed by atoms with Crippen molar-refractivity contribution in [3.63, 3.8) is 0 Å². The van der Waals surface area contributed by atoms with Crippen molar-refractivity contribution in [2.24, 2.45) is 5.92 Å². The highest BCUT2D eigenvalue weighted by Gasteiger charge is 2.23. The summed E-state index contributed by atoms with van der Waals surface area (Å²) in [4.78, 5) is 10.6. The fraction of sp³-hybridized carbons (Fsp3) is 0.875. The maximum absolute atomic E-state index is 11.0. The van der Waals surface area contributed by atoms with Crippen LogP contribution in [0.25, 0.3) is 0 Å². The summed E-state index contributed by atoms with van der Waals surface area (Å²) in [6.45, 7) is 2.09. The molecule has 0 aromatic rings. The molecule has 1 aliphatic heterocycles. The Morgan fingerprint density at radius 2 is 1.92 bits per heavy atom. The van der Waals surface area contributed by atoms with Gasteiger partial charge in [0, 0.05) is 13.5 Å². The monoisotopic (exact) mass is 205 g/mol. The SMILES string of the molecule is CC(=O)NCC1CCS(=O)(=O)CC1. The quantitative estimate of drug-likeness (QED) is 0.687. The van der Waals surface area contributed by atoms with E-state index in [1.807, 2.05) is 0 Å². The summed E-state index contributed by atoms with van der Waals surface area (Å²) in [5.74, 6) is 0.843. The lowest BCUT2D eigenvalue weighted by atomic mass is 10.0. The van der Waals surface area contributed by atoms with Crippen molar-refractivity contribution < 1.29 is 13.2 Å². The van der Waals surface area contributed by atoms with Crippen LogP contribution in [0, 0.1) is 5.92 Å². The van der Waals surface area contributed by atoms with Crippen molar-refractivity contribution in [1.29, 1.82) is 0 Å². The fourth-order valence-corrected chi connectivity index (χ4v) is 3.02. The summed E-state index contributed by atoms with van der Waals surface area (Å²) >= 11 is 0. The predicted octanol–water partition coefficient (Wildman–Crippen LogP) is -0.0527. The molecule has 1 heterocycles. The average Bonchev–Trinajstić information content (AvgIpc) is 2.02. The standard InChI is InChI=1S/C8H15NO3S/c1-7(10)9-6-8-2-4-13(11,12)5-3-8/h8H,2-6H2,1H3,(H,9,10). The van der Waals surface area contributed by atoms with E-state index in [4.69, 9.17) is 0 Å². The van der Waals surface area contributed by atoms with Gasteiger partial charge in [0.25, 0.3) is 0 Å². The second-order valence-corrected chi connectivity index (χ2v) is 5.84. The van der Waals surface area contributed by atoms with Crippen LogP contribution < -0.4 is 5.32 Å². The van der Waals surface area contributed by atoms with Crippen molar-refractivity contribution in [3.05, 3.63) is 0 Å². The lowest BCUT2D eigenvalue weighted by Crippen LogP contribution is -2.32. The molecule has 0 aliphatic carbocycles. The van der Waals surface area contributed by atoms with Crippen molar-refractivity contribution in [1.82, 2.24) is 5.32 Å². The van der Waals surface area contributed by atoms with Gasteiger partial charge in [-0.05, 0) is 18.8 Å². The highest BCUT2D eigenvalue weighted by atomic mass is 32.2. The minimum absolute atomic E-state index is 0.0477. The van der Waals surface area contributed by atoms with Crippen molar-refractivity contribution in [3.8, 4) is 0 Å². The lowest BCUT2D eigenvalue weighted by Gasteiger charge is -2.21. The zero-order valence-electron chi connectivity index (χ0n) is 7.75. The molecule has 4 nitrogen and oxygen atoms in total. The molecule has 0 aromatic carbocycles. The van der Waals surface area contributed by atoms with E-state index in [2.05, 4.69) is 5.32 Å². The Labute approximate surface area is 78.6 Å². The molecule has 0 atom stereocenters. The van der Waals surface area contributed by atoms with E-state index in [0.29, 0.717) is 25.3 Å². The lowest BCUT2D eigenvalue weighted by molar-refractivity contribution is -0.119. The number of hydrogen-bond donors (Lipinski definition) is 1. The minimum atomic E-state index is -2.77. The molecule has 1 aliphatic rings. The second-order valence-electron chi connectivity index (χ2n) is 3.53. The first-order valence-corrected chi connectivity index (χ1v) is 6.26. The van der Waals surface area contributed by atoms with Crippen LogP contribution >= 0.6 is 0 Å². The molecule has 0 bridgehead atoms. The summed E-state index contributed by atoms with van der Waals surface area (Å²) in [5, 5.41) is 2.71. The molecular weight excluding hydrogens is 190 g/mol. The number of nitrogens with one attached hydrogen (secondary N) is 1. The Bertz CT molecular complexity index is 270. The van der Waals surface area contributed by atoms with Crippen molar-refractivity contribution >= 4 is 15.7 Å². The highest BCUT2D eigenvalue weighted by molar-refractivity contribution is 7.91. The van der Waals surface area contributed by atoms with E-state index >= 15 is 0 Å². The van der Waals surface area contributed by atoms with E-state index in [9.17, 15) is 13.2 Å². The Hall–Kier alpha value is -0.580. The van der Waals surface area contributed by atoms with Gasteiger partial charge in [0.2, 0.25) is 5.91 Å². The Balaban J connectivity index is 2.29. The number of carbonyl (C=O) groups excluding carboxylic acids is 1. The molecule has 13 heavy (non-hydrogen) atoms. The van der Waals surface area contributed by atoms with E-state index in [-0.39, 0.29) is 17.4 Å². The van der Waals surface area contributed by atoms with Gasteiger partial charge in [-0.1, -0.05) is 0 Å². The van der Waals surface area contributed by atoms with E-state index in [0.717, 1.165) is 0 Å². The number of amides is 1. The maximum atomic E-state index is 11.0. The first kappa shape index (κ1) is 10.5. The molecule has 0 unspecified atom stereocenters. The predicted molar refractivity (Wildman–Crippen MR) is 50.1 cm³/mol. The van der Waals surface area contributed by atoms with Crippen LogP contribution in [-0.2, 0) is 14.6 Å². The van der Waals surface area contributed by atoms with Gasteiger partial charge in [-0.15, -0.1) is 0 Å².